The van der Waals surface area contributed by atoms with Crippen LogP contribution in [0.25, 0.3) is 0 Å². The number of aromatic nitrogens is 2. The first-order chi connectivity index (χ1) is 12.6. The molecule has 1 atom stereocenters. The van der Waals surface area contributed by atoms with E-state index in [-0.39, 0.29) is 22.7 Å². The highest BCUT2D eigenvalue weighted by Crippen LogP contribution is 2.20. The zero-order valence-electron chi connectivity index (χ0n) is 14.8. The molecule has 2 aromatic rings. The Balaban J connectivity index is 1.70. The topological polar surface area (TPSA) is 83.7 Å². The molecule has 0 aromatic carbocycles. The highest BCUT2D eigenvalue weighted by atomic mass is 35.5. The normalized spacial score (nSPS) is 15.9. The largest absolute Gasteiger partial charge is 0.468 e. The molecule has 2 aromatic heterocycles. The fourth-order valence-corrected chi connectivity index (χ4v) is 2.90. The van der Waals surface area contributed by atoms with Crippen LogP contribution in [0.2, 0.25) is 5.02 Å². The third-order valence-electron chi connectivity index (χ3n) is 4.19. The lowest BCUT2D eigenvalue weighted by molar-refractivity contribution is 0.0934. The zero-order valence-corrected chi connectivity index (χ0v) is 15.6. The van der Waals surface area contributed by atoms with Crippen LogP contribution in [-0.4, -0.2) is 67.7 Å². The molecule has 3 heterocycles. The second-order valence-corrected chi connectivity index (χ2v) is 6.58. The van der Waals surface area contributed by atoms with Gasteiger partial charge in [-0.3, -0.25) is 9.69 Å². The molecule has 140 valence electrons. The molecule has 0 aliphatic carbocycles. The molecule has 1 saturated heterocycles. The summed E-state index contributed by atoms with van der Waals surface area (Å²) in [5.41, 5.74) is 0.167. The number of rotatable bonds is 6. The van der Waals surface area contributed by atoms with Gasteiger partial charge >= 0.3 is 0 Å². The van der Waals surface area contributed by atoms with Crippen LogP contribution in [0.3, 0.4) is 0 Å². The fourth-order valence-electron chi connectivity index (χ4n) is 2.72. The van der Waals surface area contributed by atoms with Gasteiger partial charge in [0.25, 0.3) is 5.91 Å². The summed E-state index contributed by atoms with van der Waals surface area (Å²) < 4.78 is 10.8. The third kappa shape index (κ3) is 4.32. The van der Waals surface area contributed by atoms with Crippen molar-refractivity contribution in [2.45, 2.75) is 6.04 Å². The number of carbonyl (C=O) groups excluding carboxylic acids is 1. The van der Waals surface area contributed by atoms with Crippen molar-refractivity contribution in [3.8, 4) is 0 Å². The number of ether oxygens (including phenoxy) is 1. The molecular formula is C17H22ClN5O3. The van der Waals surface area contributed by atoms with Crippen LogP contribution in [-0.2, 0) is 4.74 Å². The third-order valence-corrected chi connectivity index (χ3v) is 4.47. The molecule has 0 saturated carbocycles. The molecular weight excluding hydrogens is 358 g/mol. The molecule has 0 radical (unpaired) electrons. The highest BCUT2D eigenvalue weighted by Gasteiger charge is 2.22. The lowest BCUT2D eigenvalue weighted by Gasteiger charge is -2.27. The zero-order chi connectivity index (χ0) is 18.5. The second-order valence-electron chi connectivity index (χ2n) is 6.17. The van der Waals surface area contributed by atoms with E-state index in [0.29, 0.717) is 38.8 Å². The summed E-state index contributed by atoms with van der Waals surface area (Å²) in [5, 5.41) is 3.10. The maximum atomic E-state index is 12.6. The number of furan rings is 1. The molecule has 26 heavy (non-hydrogen) atoms. The van der Waals surface area contributed by atoms with E-state index in [9.17, 15) is 4.79 Å². The number of carbonyl (C=O) groups is 1. The van der Waals surface area contributed by atoms with Crippen molar-refractivity contribution in [2.24, 2.45) is 0 Å². The first-order valence-electron chi connectivity index (χ1n) is 8.39. The highest BCUT2D eigenvalue weighted by molar-refractivity contribution is 6.33. The summed E-state index contributed by atoms with van der Waals surface area (Å²) in [5.74, 6) is 0.918. The van der Waals surface area contributed by atoms with Gasteiger partial charge in [-0.1, -0.05) is 11.6 Å². The molecule has 0 bridgehead atoms. The molecule has 8 nitrogen and oxygen atoms in total. The van der Waals surface area contributed by atoms with Crippen molar-refractivity contribution >= 4 is 23.5 Å². The van der Waals surface area contributed by atoms with Gasteiger partial charge < -0.3 is 19.4 Å². The minimum Gasteiger partial charge on any atom is -0.468 e. The number of likely N-dealkylation sites (N-methyl/N-ethyl adjacent to an activating group) is 1. The average molecular weight is 380 g/mol. The molecule has 1 fully saturated rings. The Bertz CT molecular complexity index is 732. The van der Waals surface area contributed by atoms with Crippen molar-refractivity contribution < 1.29 is 13.9 Å². The second kappa shape index (κ2) is 8.48. The maximum absolute atomic E-state index is 12.6. The van der Waals surface area contributed by atoms with Crippen LogP contribution in [0.1, 0.15) is 22.3 Å². The lowest BCUT2D eigenvalue weighted by atomic mass is 10.2. The standard InChI is InChI=1S/C17H22ClN5O3/c1-22(2)13(14-4-3-7-26-14)11-19-16(24)15-12(18)10-20-17(21-15)23-5-8-25-9-6-23/h3-4,7,10,13H,5-6,8-9,11H2,1-2H3,(H,19,24)/t13-/m1/s1. The Hall–Kier alpha value is -2.16. The summed E-state index contributed by atoms with van der Waals surface area (Å²) in [7, 11) is 3.85. The smallest absolute Gasteiger partial charge is 0.271 e. The van der Waals surface area contributed by atoms with E-state index < -0.39 is 0 Å². The van der Waals surface area contributed by atoms with Gasteiger partial charge in [-0.05, 0) is 26.2 Å². The Kier molecular flexibility index (Phi) is 6.08. The van der Waals surface area contributed by atoms with Crippen molar-refractivity contribution in [3.05, 3.63) is 41.1 Å². The summed E-state index contributed by atoms with van der Waals surface area (Å²) in [6.45, 7) is 2.96. The van der Waals surface area contributed by atoms with Crippen LogP contribution >= 0.6 is 11.6 Å². The number of morpholine rings is 1. The van der Waals surface area contributed by atoms with Gasteiger partial charge in [-0.25, -0.2) is 9.97 Å². The van der Waals surface area contributed by atoms with Gasteiger partial charge in [-0.15, -0.1) is 0 Å². The van der Waals surface area contributed by atoms with Crippen LogP contribution in [0.5, 0.6) is 0 Å². The van der Waals surface area contributed by atoms with Crippen LogP contribution in [0.15, 0.2) is 29.0 Å². The van der Waals surface area contributed by atoms with E-state index in [0.717, 1.165) is 5.76 Å². The van der Waals surface area contributed by atoms with Crippen LogP contribution < -0.4 is 10.2 Å². The Morgan fingerprint density at radius 3 is 2.85 bits per heavy atom. The number of anilines is 1. The first kappa shape index (κ1) is 18.6. The van der Waals surface area contributed by atoms with Gasteiger partial charge in [0.15, 0.2) is 5.69 Å². The Morgan fingerprint density at radius 1 is 1.42 bits per heavy atom. The predicted octanol–water partition coefficient (Wildman–Crippen LogP) is 1.59. The number of nitrogens with zero attached hydrogens (tertiary/aromatic N) is 4. The van der Waals surface area contributed by atoms with E-state index in [4.69, 9.17) is 20.8 Å². The van der Waals surface area contributed by atoms with Crippen molar-refractivity contribution in [2.75, 3.05) is 51.8 Å². The molecule has 0 unspecified atom stereocenters. The summed E-state index contributed by atoms with van der Waals surface area (Å²) in [6, 6.07) is 3.61. The van der Waals surface area contributed by atoms with E-state index in [1.807, 2.05) is 36.0 Å². The number of nitrogens with one attached hydrogen (secondary N) is 1. The van der Waals surface area contributed by atoms with Crippen molar-refractivity contribution in [1.29, 1.82) is 0 Å². The lowest BCUT2D eigenvalue weighted by Crippen LogP contribution is -2.38. The molecule has 1 N–H and O–H groups in total. The molecule has 3 rings (SSSR count). The van der Waals surface area contributed by atoms with Crippen molar-refractivity contribution in [3.63, 3.8) is 0 Å². The molecule has 1 aliphatic rings. The molecule has 9 heteroatoms. The quantitative estimate of drug-likeness (QED) is 0.815. The summed E-state index contributed by atoms with van der Waals surface area (Å²) in [6.07, 6.45) is 3.08. The minimum absolute atomic E-state index is 0.0896. The summed E-state index contributed by atoms with van der Waals surface area (Å²) in [4.78, 5) is 25.2. The van der Waals surface area contributed by atoms with Gasteiger partial charge in [-0.2, -0.15) is 0 Å². The fraction of sp³-hybridized carbons (Fsp3) is 0.471. The van der Waals surface area contributed by atoms with Gasteiger partial charge in [0, 0.05) is 19.6 Å². The molecule has 1 aliphatic heterocycles. The Labute approximate surface area is 157 Å². The number of amides is 1. The van der Waals surface area contributed by atoms with Gasteiger partial charge in [0.1, 0.15) is 5.76 Å². The maximum Gasteiger partial charge on any atom is 0.271 e. The number of hydrogen-bond acceptors (Lipinski definition) is 7. The molecule has 1 amide bonds. The number of halogens is 1. The minimum atomic E-state index is -0.342. The van der Waals surface area contributed by atoms with E-state index in [1.165, 1.54) is 6.20 Å². The first-order valence-corrected chi connectivity index (χ1v) is 8.77. The number of hydrogen-bond donors (Lipinski definition) is 1. The van der Waals surface area contributed by atoms with E-state index >= 15 is 0 Å². The van der Waals surface area contributed by atoms with E-state index in [1.54, 1.807) is 6.26 Å². The Morgan fingerprint density at radius 2 is 2.19 bits per heavy atom. The van der Waals surface area contributed by atoms with Gasteiger partial charge in [0.05, 0.1) is 36.7 Å². The molecule has 0 spiro atoms. The summed E-state index contributed by atoms with van der Waals surface area (Å²) >= 11 is 6.15. The van der Waals surface area contributed by atoms with E-state index in [2.05, 4.69) is 15.3 Å². The monoisotopic (exact) mass is 379 g/mol. The average Bonchev–Trinajstić information content (AvgIpc) is 3.17. The van der Waals surface area contributed by atoms with Crippen LogP contribution in [0, 0.1) is 0 Å². The van der Waals surface area contributed by atoms with Crippen molar-refractivity contribution in [1.82, 2.24) is 20.2 Å². The van der Waals surface area contributed by atoms with Crippen LogP contribution in [0.4, 0.5) is 5.95 Å². The SMILES string of the molecule is CN(C)[C@H](CNC(=O)c1nc(N2CCOCC2)ncc1Cl)c1ccco1. The van der Waals surface area contributed by atoms with Gasteiger partial charge in [0.2, 0.25) is 5.95 Å². The predicted molar refractivity (Wildman–Crippen MR) is 97.5 cm³/mol.